The molecule has 1 heterocycles. The lowest BCUT2D eigenvalue weighted by atomic mass is 10.2. The fourth-order valence-corrected chi connectivity index (χ4v) is 2.75. The predicted molar refractivity (Wildman–Crippen MR) is 111 cm³/mol. The van der Waals surface area contributed by atoms with E-state index in [1.807, 2.05) is 42.5 Å². The first-order chi connectivity index (χ1) is 14.2. The molecule has 0 saturated heterocycles. The maximum absolute atomic E-state index is 12.5. The normalized spacial score (nSPS) is 10.6. The van der Waals surface area contributed by atoms with Crippen LogP contribution in [0, 0.1) is 11.3 Å². The number of nitriles is 1. The van der Waals surface area contributed by atoms with Gasteiger partial charge >= 0.3 is 5.97 Å². The third kappa shape index (κ3) is 5.50. The number of anilines is 1. The highest BCUT2D eigenvalue weighted by Crippen LogP contribution is 2.14. The number of rotatable bonds is 7. The summed E-state index contributed by atoms with van der Waals surface area (Å²) < 4.78 is 5.07. The van der Waals surface area contributed by atoms with Gasteiger partial charge < -0.3 is 9.64 Å². The van der Waals surface area contributed by atoms with E-state index >= 15 is 0 Å². The Kier molecular flexibility index (Phi) is 6.69. The van der Waals surface area contributed by atoms with Crippen LogP contribution in [-0.2, 0) is 14.3 Å². The van der Waals surface area contributed by atoms with Crippen LogP contribution in [0.5, 0.6) is 0 Å². The molecule has 29 heavy (non-hydrogen) atoms. The van der Waals surface area contributed by atoms with E-state index in [2.05, 4.69) is 4.98 Å². The summed E-state index contributed by atoms with van der Waals surface area (Å²) in [7, 11) is 0. The zero-order valence-corrected chi connectivity index (χ0v) is 15.7. The molecule has 1 aromatic heterocycles. The standard InChI is InChI=1S/C23H19N3O3/c24-15-6-16-26(20-8-2-1-3-9-20)22(27)17-29-23(28)14-13-19-12-11-18-7-4-5-10-21(18)25-19/h1-5,7-14H,6,16-17H2. The van der Waals surface area contributed by atoms with E-state index in [1.54, 1.807) is 36.4 Å². The number of ether oxygens (including phenoxy) is 1. The Balaban J connectivity index is 1.60. The number of hydrogen-bond donors (Lipinski definition) is 0. The van der Waals surface area contributed by atoms with Crippen molar-refractivity contribution in [1.29, 1.82) is 5.26 Å². The van der Waals surface area contributed by atoms with Crippen LogP contribution in [0.3, 0.4) is 0 Å². The number of pyridine rings is 1. The third-order valence-electron chi connectivity index (χ3n) is 4.16. The second-order valence-electron chi connectivity index (χ2n) is 6.16. The van der Waals surface area contributed by atoms with Crippen LogP contribution >= 0.6 is 0 Å². The monoisotopic (exact) mass is 385 g/mol. The van der Waals surface area contributed by atoms with Gasteiger partial charge in [0.1, 0.15) is 0 Å². The van der Waals surface area contributed by atoms with E-state index < -0.39 is 18.5 Å². The minimum atomic E-state index is -0.637. The van der Waals surface area contributed by atoms with Crippen LogP contribution in [0.15, 0.2) is 72.8 Å². The van der Waals surface area contributed by atoms with Crippen molar-refractivity contribution in [2.45, 2.75) is 6.42 Å². The number of fused-ring (bicyclic) bond motifs is 1. The molecule has 0 aliphatic heterocycles. The summed E-state index contributed by atoms with van der Waals surface area (Å²) in [6.45, 7) is -0.178. The zero-order valence-electron chi connectivity index (χ0n) is 15.7. The lowest BCUT2D eigenvalue weighted by Gasteiger charge is -2.21. The van der Waals surface area contributed by atoms with Crippen molar-refractivity contribution >= 4 is 34.5 Å². The molecular weight excluding hydrogens is 366 g/mol. The molecule has 0 aliphatic carbocycles. The summed E-state index contributed by atoms with van der Waals surface area (Å²) in [6, 6.07) is 22.4. The highest BCUT2D eigenvalue weighted by atomic mass is 16.5. The van der Waals surface area contributed by atoms with Crippen LogP contribution in [0.1, 0.15) is 12.1 Å². The van der Waals surface area contributed by atoms with Crippen molar-refractivity contribution in [2.75, 3.05) is 18.1 Å². The summed E-state index contributed by atoms with van der Waals surface area (Å²) in [6.07, 6.45) is 2.97. The Hall–Kier alpha value is -3.98. The Morgan fingerprint density at radius 1 is 1.03 bits per heavy atom. The minimum Gasteiger partial charge on any atom is -0.452 e. The summed E-state index contributed by atoms with van der Waals surface area (Å²) >= 11 is 0. The average Bonchev–Trinajstić information content (AvgIpc) is 2.77. The van der Waals surface area contributed by atoms with E-state index in [9.17, 15) is 9.59 Å². The van der Waals surface area contributed by atoms with E-state index in [0.29, 0.717) is 11.4 Å². The van der Waals surface area contributed by atoms with Crippen LogP contribution in [0.2, 0.25) is 0 Å². The number of aromatic nitrogens is 1. The molecule has 0 saturated carbocycles. The first-order valence-corrected chi connectivity index (χ1v) is 9.10. The second kappa shape index (κ2) is 9.81. The van der Waals surface area contributed by atoms with Gasteiger partial charge in [-0.1, -0.05) is 42.5 Å². The summed E-state index contributed by atoms with van der Waals surface area (Å²) in [5.74, 6) is -1.03. The SMILES string of the molecule is N#CCCN(C(=O)COC(=O)C=Cc1ccc2ccccc2n1)c1ccccc1. The molecular formula is C23H19N3O3. The van der Waals surface area contributed by atoms with Gasteiger partial charge in [0.2, 0.25) is 0 Å². The maximum Gasteiger partial charge on any atom is 0.331 e. The summed E-state index contributed by atoms with van der Waals surface area (Å²) in [5.41, 5.74) is 2.10. The number of nitrogens with zero attached hydrogens (tertiary/aromatic N) is 3. The van der Waals surface area contributed by atoms with E-state index in [4.69, 9.17) is 10.00 Å². The molecule has 1 amide bonds. The third-order valence-corrected chi connectivity index (χ3v) is 4.16. The van der Waals surface area contributed by atoms with Gasteiger partial charge in [0, 0.05) is 23.7 Å². The molecule has 0 spiro atoms. The number of para-hydroxylation sites is 2. The first kappa shape index (κ1) is 19.8. The summed E-state index contributed by atoms with van der Waals surface area (Å²) in [5, 5.41) is 9.83. The number of benzene rings is 2. The molecule has 144 valence electrons. The summed E-state index contributed by atoms with van der Waals surface area (Å²) in [4.78, 5) is 30.4. The smallest absolute Gasteiger partial charge is 0.331 e. The van der Waals surface area contributed by atoms with E-state index in [1.165, 1.54) is 11.0 Å². The van der Waals surface area contributed by atoms with Gasteiger partial charge in [-0.2, -0.15) is 5.26 Å². The van der Waals surface area contributed by atoms with Gasteiger partial charge in [-0.05, 0) is 30.3 Å². The van der Waals surface area contributed by atoms with Crippen molar-refractivity contribution in [3.63, 3.8) is 0 Å². The molecule has 3 aromatic rings. The quantitative estimate of drug-likeness (QED) is 0.457. The van der Waals surface area contributed by atoms with Gasteiger partial charge in [0.05, 0.1) is 23.7 Å². The van der Waals surface area contributed by atoms with Gasteiger partial charge in [-0.15, -0.1) is 0 Å². The van der Waals surface area contributed by atoms with Crippen molar-refractivity contribution in [1.82, 2.24) is 4.98 Å². The Bertz CT molecular complexity index is 1070. The molecule has 0 N–H and O–H groups in total. The molecule has 2 aromatic carbocycles. The average molecular weight is 385 g/mol. The molecule has 3 rings (SSSR count). The number of amides is 1. The Morgan fingerprint density at radius 3 is 2.59 bits per heavy atom. The van der Waals surface area contributed by atoms with Gasteiger partial charge in [-0.3, -0.25) is 4.79 Å². The number of esters is 1. The van der Waals surface area contributed by atoms with Crippen LogP contribution < -0.4 is 4.90 Å². The lowest BCUT2D eigenvalue weighted by molar-refractivity contribution is -0.142. The zero-order chi connectivity index (χ0) is 20.5. The van der Waals surface area contributed by atoms with Crippen LogP contribution in [-0.4, -0.2) is 30.0 Å². The second-order valence-corrected chi connectivity index (χ2v) is 6.16. The van der Waals surface area contributed by atoms with Crippen molar-refractivity contribution in [3.8, 4) is 6.07 Å². The topological polar surface area (TPSA) is 83.3 Å². The molecule has 0 atom stereocenters. The Morgan fingerprint density at radius 2 is 1.79 bits per heavy atom. The van der Waals surface area contributed by atoms with Gasteiger partial charge in [-0.25, -0.2) is 9.78 Å². The van der Waals surface area contributed by atoms with Crippen molar-refractivity contribution < 1.29 is 14.3 Å². The lowest BCUT2D eigenvalue weighted by Crippen LogP contribution is -2.35. The molecule has 0 aliphatic rings. The van der Waals surface area contributed by atoms with Gasteiger partial charge in [0.25, 0.3) is 5.91 Å². The minimum absolute atomic E-state index is 0.183. The van der Waals surface area contributed by atoms with E-state index in [-0.39, 0.29) is 13.0 Å². The van der Waals surface area contributed by atoms with Crippen LogP contribution in [0.25, 0.3) is 17.0 Å². The highest BCUT2D eigenvalue weighted by Gasteiger charge is 2.16. The predicted octanol–water partition coefficient (Wildman–Crippen LogP) is 3.74. The maximum atomic E-state index is 12.5. The molecule has 0 unspecified atom stereocenters. The van der Waals surface area contributed by atoms with Crippen LogP contribution in [0.4, 0.5) is 5.69 Å². The molecule has 0 bridgehead atoms. The molecule has 6 heteroatoms. The Labute approximate surface area is 168 Å². The molecule has 0 fully saturated rings. The van der Waals surface area contributed by atoms with E-state index in [0.717, 1.165) is 10.9 Å². The molecule has 6 nitrogen and oxygen atoms in total. The number of carbonyl (C=O) groups excluding carboxylic acids is 2. The first-order valence-electron chi connectivity index (χ1n) is 9.10. The highest BCUT2D eigenvalue weighted by molar-refractivity contribution is 5.96. The largest absolute Gasteiger partial charge is 0.452 e. The molecule has 0 radical (unpaired) electrons. The van der Waals surface area contributed by atoms with Gasteiger partial charge in [0.15, 0.2) is 6.61 Å². The van der Waals surface area contributed by atoms with Crippen molar-refractivity contribution in [3.05, 3.63) is 78.5 Å². The fourth-order valence-electron chi connectivity index (χ4n) is 2.75. The number of hydrogen-bond acceptors (Lipinski definition) is 5. The fraction of sp³-hybridized carbons (Fsp3) is 0.130. The van der Waals surface area contributed by atoms with Crippen molar-refractivity contribution in [2.24, 2.45) is 0 Å². The number of carbonyl (C=O) groups is 2.